The topological polar surface area (TPSA) is 44.6 Å². The summed E-state index contributed by atoms with van der Waals surface area (Å²) >= 11 is 9.63. The van der Waals surface area contributed by atoms with Crippen LogP contribution in [0.25, 0.3) is 0 Å². The van der Waals surface area contributed by atoms with Crippen LogP contribution in [0.15, 0.2) is 51.9 Å². The zero-order valence-electron chi connectivity index (χ0n) is 10.5. The minimum Gasteiger partial charge on any atom is -0.394 e. The van der Waals surface area contributed by atoms with Gasteiger partial charge in [-0.2, -0.15) is 0 Å². The minimum absolute atomic E-state index is 0.0110. The van der Waals surface area contributed by atoms with E-state index in [-0.39, 0.29) is 12.6 Å². The number of hydrogen-bond acceptors (Lipinski definition) is 3. The van der Waals surface area contributed by atoms with Gasteiger partial charge in [-0.05, 0) is 18.2 Å². The quantitative estimate of drug-likeness (QED) is 0.864. The van der Waals surface area contributed by atoms with E-state index >= 15 is 0 Å². The number of nitrogens with zero attached hydrogens (tertiary/aromatic N) is 1. The van der Waals surface area contributed by atoms with Crippen LogP contribution in [0.4, 0.5) is 5.69 Å². The van der Waals surface area contributed by atoms with Crippen molar-refractivity contribution in [3.05, 3.63) is 63.1 Å². The molecular formula is C15H12BrClN2O. The van der Waals surface area contributed by atoms with Gasteiger partial charge < -0.3 is 10.4 Å². The average molecular weight is 352 g/mol. The second-order valence-electron chi connectivity index (χ2n) is 4.52. The summed E-state index contributed by atoms with van der Waals surface area (Å²) in [5.74, 6) is 0.720. The summed E-state index contributed by atoms with van der Waals surface area (Å²) in [4.78, 5) is 4.59. The van der Waals surface area contributed by atoms with Crippen LogP contribution >= 0.6 is 27.5 Å². The number of hydrogen-bond donors (Lipinski definition) is 2. The lowest BCUT2D eigenvalue weighted by Gasteiger charge is -2.26. The summed E-state index contributed by atoms with van der Waals surface area (Å²) in [7, 11) is 0. The number of benzene rings is 2. The Morgan fingerprint density at radius 2 is 1.95 bits per heavy atom. The number of para-hydroxylation sites is 1. The molecule has 2 aromatic rings. The first-order chi connectivity index (χ1) is 9.69. The van der Waals surface area contributed by atoms with Gasteiger partial charge in [-0.15, -0.1) is 0 Å². The number of nitrogens with one attached hydrogen (secondary N) is 1. The summed E-state index contributed by atoms with van der Waals surface area (Å²) in [6, 6.07) is 13.2. The lowest BCUT2D eigenvalue weighted by Crippen LogP contribution is -2.34. The highest BCUT2D eigenvalue weighted by atomic mass is 79.9. The predicted octanol–water partition coefficient (Wildman–Crippen LogP) is 3.82. The maximum absolute atomic E-state index is 9.57. The highest BCUT2D eigenvalue weighted by molar-refractivity contribution is 9.10. The standard InChI is InChI=1S/C15H12BrClN2O/c16-10-6-4-9(5-7-10)15-18-13(8-20)11-2-1-3-12(17)14(11)19-15/h1-7,13,20H,8H2,(H,18,19). The van der Waals surface area contributed by atoms with E-state index in [1.54, 1.807) is 0 Å². The third-order valence-electron chi connectivity index (χ3n) is 3.23. The van der Waals surface area contributed by atoms with Crippen molar-refractivity contribution in [2.45, 2.75) is 6.04 Å². The lowest BCUT2D eigenvalue weighted by atomic mass is 10.0. The van der Waals surface area contributed by atoms with Crippen molar-refractivity contribution in [3.63, 3.8) is 0 Å². The van der Waals surface area contributed by atoms with Gasteiger partial charge in [0, 0.05) is 15.6 Å². The first kappa shape index (κ1) is 13.6. The monoisotopic (exact) mass is 350 g/mol. The number of aliphatic hydroxyl groups excluding tert-OH is 1. The first-order valence-corrected chi connectivity index (χ1v) is 7.36. The van der Waals surface area contributed by atoms with Crippen molar-refractivity contribution in [2.24, 2.45) is 4.99 Å². The molecule has 0 amide bonds. The summed E-state index contributed by atoms with van der Waals surface area (Å²) < 4.78 is 1.01. The van der Waals surface area contributed by atoms with Gasteiger partial charge in [0.05, 0.1) is 23.4 Å². The molecule has 0 radical (unpaired) electrons. The van der Waals surface area contributed by atoms with Gasteiger partial charge in [-0.1, -0.05) is 51.8 Å². The molecule has 0 bridgehead atoms. The van der Waals surface area contributed by atoms with Crippen molar-refractivity contribution >= 4 is 39.1 Å². The zero-order valence-corrected chi connectivity index (χ0v) is 12.8. The molecule has 102 valence electrons. The first-order valence-electron chi connectivity index (χ1n) is 6.19. The SMILES string of the molecule is OCC1NC(c2ccc(Br)cc2)=Nc2c(Cl)cccc21. The summed E-state index contributed by atoms with van der Waals surface area (Å²) in [5, 5.41) is 13.4. The van der Waals surface area contributed by atoms with Crippen LogP contribution in [-0.2, 0) is 0 Å². The molecule has 0 spiro atoms. The molecule has 0 fully saturated rings. The molecule has 1 aliphatic heterocycles. The molecule has 2 aromatic carbocycles. The smallest absolute Gasteiger partial charge is 0.134 e. The fraction of sp³-hybridized carbons (Fsp3) is 0.133. The Bertz CT molecular complexity index is 670. The Labute approximate surface area is 130 Å². The largest absolute Gasteiger partial charge is 0.394 e. The second kappa shape index (κ2) is 5.56. The molecule has 0 saturated heterocycles. The van der Waals surface area contributed by atoms with E-state index in [2.05, 4.69) is 26.2 Å². The van der Waals surface area contributed by atoms with Gasteiger partial charge in [0.1, 0.15) is 5.84 Å². The Morgan fingerprint density at radius 3 is 2.65 bits per heavy atom. The fourth-order valence-corrected chi connectivity index (χ4v) is 2.71. The van der Waals surface area contributed by atoms with Crippen molar-refractivity contribution in [1.29, 1.82) is 0 Å². The Hall–Kier alpha value is -1.36. The van der Waals surface area contributed by atoms with Crippen LogP contribution in [0.5, 0.6) is 0 Å². The van der Waals surface area contributed by atoms with Crippen molar-refractivity contribution in [1.82, 2.24) is 5.32 Å². The molecule has 0 aromatic heterocycles. The predicted molar refractivity (Wildman–Crippen MR) is 84.8 cm³/mol. The fourth-order valence-electron chi connectivity index (χ4n) is 2.22. The molecular weight excluding hydrogens is 340 g/mol. The molecule has 1 aliphatic rings. The number of halogens is 2. The highest BCUT2D eigenvalue weighted by Crippen LogP contribution is 2.36. The molecule has 0 saturated carbocycles. The highest BCUT2D eigenvalue weighted by Gasteiger charge is 2.23. The number of fused-ring (bicyclic) bond motifs is 1. The van der Waals surface area contributed by atoms with Crippen LogP contribution < -0.4 is 5.32 Å². The van der Waals surface area contributed by atoms with E-state index in [0.29, 0.717) is 5.02 Å². The van der Waals surface area contributed by atoms with E-state index in [1.807, 2.05) is 42.5 Å². The van der Waals surface area contributed by atoms with Gasteiger partial charge in [0.2, 0.25) is 0 Å². The molecule has 2 N–H and O–H groups in total. The second-order valence-corrected chi connectivity index (χ2v) is 5.85. The maximum atomic E-state index is 9.57. The van der Waals surface area contributed by atoms with Gasteiger partial charge >= 0.3 is 0 Å². The zero-order chi connectivity index (χ0) is 14.1. The molecule has 3 nitrogen and oxygen atoms in total. The summed E-state index contributed by atoms with van der Waals surface area (Å²) in [6.07, 6.45) is 0. The average Bonchev–Trinajstić information content (AvgIpc) is 2.47. The van der Waals surface area contributed by atoms with E-state index in [0.717, 1.165) is 27.1 Å². The maximum Gasteiger partial charge on any atom is 0.134 e. The Kier molecular flexibility index (Phi) is 3.78. The number of amidine groups is 1. The molecule has 3 rings (SSSR count). The number of rotatable bonds is 2. The van der Waals surface area contributed by atoms with Crippen molar-refractivity contribution in [2.75, 3.05) is 6.61 Å². The molecule has 1 atom stereocenters. The van der Waals surface area contributed by atoms with Crippen LogP contribution in [0.2, 0.25) is 5.02 Å². The van der Waals surface area contributed by atoms with E-state index < -0.39 is 0 Å². The molecule has 1 unspecified atom stereocenters. The van der Waals surface area contributed by atoms with Gasteiger partial charge in [0.15, 0.2) is 0 Å². The number of aliphatic hydroxyl groups is 1. The third kappa shape index (κ3) is 2.46. The van der Waals surface area contributed by atoms with E-state index in [9.17, 15) is 5.11 Å². The number of aliphatic imine (C=N–C) groups is 1. The third-order valence-corrected chi connectivity index (χ3v) is 4.06. The van der Waals surface area contributed by atoms with Crippen LogP contribution in [0, 0.1) is 0 Å². The van der Waals surface area contributed by atoms with Crippen LogP contribution in [-0.4, -0.2) is 17.5 Å². The van der Waals surface area contributed by atoms with E-state index in [1.165, 1.54) is 0 Å². The lowest BCUT2D eigenvalue weighted by molar-refractivity contribution is 0.257. The molecule has 20 heavy (non-hydrogen) atoms. The van der Waals surface area contributed by atoms with Gasteiger partial charge in [-0.25, -0.2) is 4.99 Å². The summed E-state index contributed by atoms with van der Waals surface area (Å²) in [6.45, 7) is -0.0110. The van der Waals surface area contributed by atoms with E-state index in [4.69, 9.17) is 11.6 Å². The molecule has 0 aliphatic carbocycles. The van der Waals surface area contributed by atoms with Crippen molar-refractivity contribution < 1.29 is 5.11 Å². The minimum atomic E-state index is -0.195. The van der Waals surface area contributed by atoms with Crippen LogP contribution in [0.1, 0.15) is 17.2 Å². The molecule has 1 heterocycles. The van der Waals surface area contributed by atoms with Gasteiger partial charge in [-0.3, -0.25) is 0 Å². The summed E-state index contributed by atoms with van der Waals surface area (Å²) in [5.41, 5.74) is 2.60. The van der Waals surface area contributed by atoms with Gasteiger partial charge in [0.25, 0.3) is 0 Å². The van der Waals surface area contributed by atoms with Crippen molar-refractivity contribution in [3.8, 4) is 0 Å². The van der Waals surface area contributed by atoms with Crippen LogP contribution in [0.3, 0.4) is 0 Å². The normalized spacial score (nSPS) is 17.1. The Morgan fingerprint density at radius 1 is 1.20 bits per heavy atom. The molecule has 5 heteroatoms. The Balaban J connectivity index is 2.10.